The van der Waals surface area contributed by atoms with Gasteiger partial charge in [0.1, 0.15) is 5.75 Å². The Morgan fingerprint density at radius 3 is 2.88 bits per heavy atom. The number of hydrogen-bond acceptors (Lipinski definition) is 2. The van der Waals surface area contributed by atoms with Crippen LogP contribution in [-0.2, 0) is 6.54 Å². The molecule has 1 aromatic carbocycles. The molecule has 2 amide bonds. The maximum Gasteiger partial charge on any atom is 0.317 e. The number of likely N-dealkylation sites (tertiary alicyclic amines) is 1. The third-order valence-electron chi connectivity index (χ3n) is 2.97. The monoisotopic (exact) mass is 234 g/mol. The lowest BCUT2D eigenvalue weighted by atomic mass is 10.2. The molecule has 0 radical (unpaired) electrons. The van der Waals surface area contributed by atoms with Crippen LogP contribution in [0.2, 0.25) is 0 Å². The van der Waals surface area contributed by atoms with Gasteiger partial charge >= 0.3 is 6.03 Å². The van der Waals surface area contributed by atoms with E-state index >= 15 is 0 Å². The maximum absolute atomic E-state index is 11.8. The summed E-state index contributed by atoms with van der Waals surface area (Å²) in [6.07, 6.45) is 2.24. The molecule has 1 saturated heterocycles. The zero-order chi connectivity index (χ0) is 12.1. The molecule has 0 unspecified atom stereocenters. The zero-order valence-corrected chi connectivity index (χ0v) is 10.1. The summed E-state index contributed by atoms with van der Waals surface area (Å²) in [7, 11) is 1.64. The minimum Gasteiger partial charge on any atom is -0.497 e. The van der Waals surface area contributed by atoms with E-state index in [-0.39, 0.29) is 6.03 Å². The lowest BCUT2D eigenvalue weighted by Gasteiger charge is -2.16. The Hall–Kier alpha value is -1.71. The highest BCUT2D eigenvalue weighted by atomic mass is 16.5. The Labute approximate surface area is 102 Å². The molecule has 1 heterocycles. The molecule has 4 heteroatoms. The van der Waals surface area contributed by atoms with Gasteiger partial charge in [-0.3, -0.25) is 0 Å². The van der Waals surface area contributed by atoms with Crippen molar-refractivity contribution in [2.75, 3.05) is 20.2 Å². The molecule has 0 spiro atoms. The minimum atomic E-state index is 0.0327. The van der Waals surface area contributed by atoms with Crippen molar-refractivity contribution >= 4 is 6.03 Å². The molecule has 0 aliphatic carbocycles. The first-order valence-electron chi connectivity index (χ1n) is 5.95. The predicted octanol–water partition coefficient (Wildman–Crippen LogP) is 2.00. The highest BCUT2D eigenvalue weighted by Crippen LogP contribution is 2.12. The first kappa shape index (κ1) is 11.8. The van der Waals surface area contributed by atoms with Crippen molar-refractivity contribution in [3.05, 3.63) is 29.8 Å². The lowest BCUT2D eigenvalue weighted by Crippen LogP contribution is -2.37. The lowest BCUT2D eigenvalue weighted by molar-refractivity contribution is 0.208. The molecule has 4 nitrogen and oxygen atoms in total. The predicted molar refractivity (Wildman–Crippen MR) is 66.0 cm³/mol. The van der Waals surface area contributed by atoms with Crippen molar-refractivity contribution in [1.82, 2.24) is 10.2 Å². The summed E-state index contributed by atoms with van der Waals surface area (Å²) >= 11 is 0. The van der Waals surface area contributed by atoms with Gasteiger partial charge < -0.3 is 15.0 Å². The van der Waals surface area contributed by atoms with Gasteiger partial charge in [-0.25, -0.2) is 4.79 Å². The SMILES string of the molecule is COc1cccc(CNC(=O)N2CCCC2)c1. The van der Waals surface area contributed by atoms with E-state index in [1.807, 2.05) is 29.2 Å². The molecule has 0 aromatic heterocycles. The highest BCUT2D eigenvalue weighted by Gasteiger charge is 2.16. The summed E-state index contributed by atoms with van der Waals surface area (Å²) in [5.41, 5.74) is 1.05. The molecule has 0 saturated carbocycles. The van der Waals surface area contributed by atoms with Crippen LogP contribution < -0.4 is 10.1 Å². The van der Waals surface area contributed by atoms with Crippen molar-refractivity contribution in [3.8, 4) is 5.75 Å². The minimum absolute atomic E-state index is 0.0327. The van der Waals surface area contributed by atoms with Gasteiger partial charge in [0.05, 0.1) is 7.11 Å². The number of nitrogens with zero attached hydrogens (tertiary/aromatic N) is 1. The second kappa shape index (κ2) is 5.57. The normalized spacial score (nSPS) is 14.8. The Balaban J connectivity index is 1.86. The second-order valence-electron chi connectivity index (χ2n) is 4.20. The van der Waals surface area contributed by atoms with Gasteiger partial charge in [0.25, 0.3) is 0 Å². The number of benzene rings is 1. The smallest absolute Gasteiger partial charge is 0.317 e. The fraction of sp³-hybridized carbons (Fsp3) is 0.462. The Morgan fingerprint density at radius 1 is 1.41 bits per heavy atom. The number of carbonyl (C=O) groups excluding carboxylic acids is 1. The summed E-state index contributed by atoms with van der Waals surface area (Å²) in [6.45, 7) is 2.31. The fourth-order valence-electron chi connectivity index (χ4n) is 1.99. The van der Waals surface area contributed by atoms with Crippen LogP contribution in [0.3, 0.4) is 0 Å². The molecule has 1 aliphatic heterocycles. The number of nitrogens with one attached hydrogen (secondary N) is 1. The van der Waals surface area contributed by atoms with Crippen LogP contribution in [0.4, 0.5) is 4.79 Å². The molecular formula is C13H18N2O2. The van der Waals surface area contributed by atoms with Crippen LogP contribution in [0.1, 0.15) is 18.4 Å². The van der Waals surface area contributed by atoms with E-state index in [1.54, 1.807) is 7.11 Å². The molecule has 0 bridgehead atoms. The fourth-order valence-corrected chi connectivity index (χ4v) is 1.99. The third kappa shape index (κ3) is 3.12. The van der Waals surface area contributed by atoms with Crippen LogP contribution in [0.15, 0.2) is 24.3 Å². The van der Waals surface area contributed by atoms with E-state index < -0.39 is 0 Å². The van der Waals surface area contributed by atoms with E-state index in [1.165, 1.54) is 0 Å². The van der Waals surface area contributed by atoms with Gasteiger partial charge in [-0.2, -0.15) is 0 Å². The molecule has 1 fully saturated rings. The van der Waals surface area contributed by atoms with Crippen LogP contribution in [0.5, 0.6) is 5.75 Å². The first-order valence-corrected chi connectivity index (χ1v) is 5.95. The van der Waals surface area contributed by atoms with Crippen LogP contribution >= 0.6 is 0 Å². The third-order valence-corrected chi connectivity index (χ3v) is 2.97. The standard InChI is InChI=1S/C13H18N2O2/c1-17-12-6-4-5-11(9-12)10-14-13(16)15-7-2-3-8-15/h4-6,9H,2-3,7-8,10H2,1H3,(H,14,16). The summed E-state index contributed by atoms with van der Waals surface area (Å²) in [5.74, 6) is 0.818. The number of methoxy groups -OCH3 is 1. The van der Waals surface area contributed by atoms with E-state index in [9.17, 15) is 4.79 Å². The van der Waals surface area contributed by atoms with Gasteiger partial charge in [-0.15, -0.1) is 0 Å². The van der Waals surface area contributed by atoms with Crippen LogP contribution in [-0.4, -0.2) is 31.1 Å². The number of hydrogen-bond donors (Lipinski definition) is 1. The van der Waals surface area contributed by atoms with E-state index in [0.717, 1.165) is 37.2 Å². The Morgan fingerprint density at radius 2 is 2.18 bits per heavy atom. The van der Waals surface area contributed by atoms with Crippen molar-refractivity contribution in [1.29, 1.82) is 0 Å². The number of carbonyl (C=O) groups is 1. The quantitative estimate of drug-likeness (QED) is 0.869. The molecule has 1 aromatic rings. The van der Waals surface area contributed by atoms with Crippen LogP contribution in [0, 0.1) is 0 Å². The van der Waals surface area contributed by atoms with Gasteiger partial charge in [0, 0.05) is 19.6 Å². The number of urea groups is 1. The van der Waals surface area contributed by atoms with E-state index in [2.05, 4.69) is 5.32 Å². The van der Waals surface area contributed by atoms with Crippen molar-refractivity contribution in [2.45, 2.75) is 19.4 Å². The number of ether oxygens (including phenoxy) is 1. The topological polar surface area (TPSA) is 41.6 Å². The average molecular weight is 234 g/mol. The molecule has 17 heavy (non-hydrogen) atoms. The van der Waals surface area contributed by atoms with Crippen LogP contribution in [0.25, 0.3) is 0 Å². The maximum atomic E-state index is 11.8. The van der Waals surface area contributed by atoms with Crippen molar-refractivity contribution in [2.24, 2.45) is 0 Å². The average Bonchev–Trinajstić information content (AvgIpc) is 2.90. The number of rotatable bonds is 3. The van der Waals surface area contributed by atoms with Gasteiger partial charge in [0.2, 0.25) is 0 Å². The van der Waals surface area contributed by atoms with Gasteiger partial charge in [-0.1, -0.05) is 12.1 Å². The largest absolute Gasteiger partial charge is 0.497 e. The van der Waals surface area contributed by atoms with Crippen molar-refractivity contribution in [3.63, 3.8) is 0 Å². The molecule has 92 valence electrons. The molecule has 1 N–H and O–H groups in total. The highest BCUT2D eigenvalue weighted by molar-refractivity contribution is 5.74. The summed E-state index contributed by atoms with van der Waals surface area (Å²) < 4.78 is 5.14. The summed E-state index contributed by atoms with van der Waals surface area (Å²) in [4.78, 5) is 13.6. The molecular weight excluding hydrogens is 216 g/mol. The van der Waals surface area contributed by atoms with E-state index in [0.29, 0.717) is 6.54 Å². The molecule has 1 aliphatic rings. The number of amides is 2. The summed E-state index contributed by atoms with van der Waals surface area (Å²) in [5, 5.41) is 2.92. The Bertz CT molecular complexity index is 387. The van der Waals surface area contributed by atoms with Gasteiger partial charge in [-0.05, 0) is 30.5 Å². The molecule has 2 rings (SSSR count). The second-order valence-corrected chi connectivity index (χ2v) is 4.20. The van der Waals surface area contributed by atoms with Crippen molar-refractivity contribution < 1.29 is 9.53 Å². The van der Waals surface area contributed by atoms with Gasteiger partial charge in [0.15, 0.2) is 0 Å². The van der Waals surface area contributed by atoms with E-state index in [4.69, 9.17) is 4.74 Å². The summed E-state index contributed by atoms with van der Waals surface area (Å²) in [6, 6.07) is 7.77. The first-order chi connectivity index (χ1) is 8.29. The molecule has 0 atom stereocenters. The zero-order valence-electron chi connectivity index (χ0n) is 10.1. The Kier molecular flexibility index (Phi) is 3.85.